The third kappa shape index (κ3) is 4.26. The normalized spacial score (nSPS) is 37.0. The molecule has 152 valence electrons. The minimum atomic E-state index is -0.795. The molecule has 1 fully saturated rings. The zero-order valence-electron chi connectivity index (χ0n) is 17.1. The van der Waals surface area contributed by atoms with Gasteiger partial charge in [-0.3, -0.25) is 0 Å². The van der Waals surface area contributed by atoms with E-state index in [1.54, 1.807) is 0 Å². The molecule has 2 heterocycles. The molecule has 0 aromatic heterocycles. The second-order valence-electron chi connectivity index (χ2n) is 8.02. The van der Waals surface area contributed by atoms with Gasteiger partial charge in [-0.15, -0.1) is 0 Å². The van der Waals surface area contributed by atoms with Crippen LogP contribution in [-0.2, 0) is 19.1 Å². The predicted octanol–water partition coefficient (Wildman–Crippen LogP) is 4.47. The molecule has 6 heteroatoms. The van der Waals surface area contributed by atoms with Gasteiger partial charge in [-0.05, 0) is 58.4 Å². The van der Waals surface area contributed by atoms with Crippen molar-refractivity contribution in [3.63, 3.8) is 0 Å². The van der Waals surface area contributed by atoms with E-state index in [0.29, 0.717) is 19.4 Å². The Morgan fingerprint density at radius 2 is 1.96 bits per heavy atom. The van der Waals surface area contributed by atoms with Crippen LogP contribution in [0, 0.1) is 5.92 Å². The highest BCUT2D eigenvalue weighted by molar-refractivity contribution is 5.88. The first-order valence-corrected chi connectivity index (χ1v) is 10.2. The summed E-state index contributed by atoms with van der Waals surface area (Å²) in [6.45, 7) is 4.75. The molecule has 3 atom stereocenters. The van der Waals surface area contributed by atoms with Crippen molar-refractivity contribution in [3.8, 4) is 0 Å². The fraction of sp³-hybridized carbons (Fsp3) is 0.636. The number of nitrogens with zero attached hydrogens (tertiary/aromatic N) is 2. The third-order valence-electron chi connectivity index (χ3n) is 6.03. The van der Waals surface area contributed by atoms with E-state index in [2.05, 4.69) is 36.2 Å². The fourth-order valence-corrected chi connectivity index (χ4v) is 4.35. The Kier molecular flexibility index (Phi) is 6.47. The highest BCUT2D eigenvalue weighted by Gasteiger charge is 2.58. The van der Waals surface area contributed by atoms with Crippen molar-refractivity contribution >= 4 is 11.9 Å². The van der Waals surface area contributed by atoms with Crippen molar-refractivity contribution in [3.05, 3.63) is 34.9 Å². The van der Waals surface area contributed by atoms with E-state index in [4.69, 9.17) is 9.47 Å². The van der Waals surface area contributed by atoms with E-state index in [1.807, 2.05) is 6.08 Å². The van der Waals surface area contributed by atoms with E-state index in [1.165, 1.54) is 12.7 Å². The molecule has 0 saturated carbocycles. The molecule has 3 rings (SSSR count). The summed E-state index contributed by atoms with van der Waals surface area (Å²) in [6, 6.07) is 0. The second-order valence-corrected chi connectivity index (χ2v) is 8.02. The highest BCUT2D eigenvalue weighted by Crippen LogP contribution is 2.45. The molecule has 0 amide bonds. The predicted molar refractivity (Wildman–Crippen MR) is 106 cm³/mol. The van der Waals surface area contributed by atoms with Gasteiger partial charge in [0.05, 0.1) is 13.7 Å². The number of methoxy groups -OCH3 is 1. The number of hydrogen-bond donors (Lipinski definition) is 0. The monoisotopic (exact) mass is 386 g/mol. The molecular formula is C22H30N2O4. The topological polar surface area (TPSA) is 77.3 Å². The molecule has 0 bridgehead atoms. The van der Waals surface area contributed by atoms with Crippen LogP contribution in [0.4, 0.5) is 0 Å². The van der Waals surface area contributed by atoms with E-state index in [9.17, 15) is 9.59 Å². The summed E-state index contributed by atoms with van der Waals surface area (Å²) in [7, 11) is 1.42. The van der Waals surface area contributed by atoms with Crippen LogP contribution >= 0.6 is 0 Å². The Morgan fingerprint density at radius 1 is 1.18 bits per heavy atom. The average molecular weight is 386 g/mol. The SMILES string of the molecule is COC(=O)/C1=C/CC/C(C)=C/[C@@H]2OC(=O)C3(CCN=N3)[C@@H]2CC/C(C)=C/CC1. The Balaban J connectivity index is 1.86. The number of rotatable bonds is 1. The van der Waals surface area contributed by atoms with Crippen molar-refractivity contribution in [2.75, 3.05) is 13.7 Å². The van der Waals surface area contributed by atoms with Crippen molar-refractivity contribution in [2.24, 2.45) is 16.1 Å². The Labute approximate surface area is 166 Å². The summed E-state index contributed by atoms with van der Waals surface area (Å²) in [5.74, 6) is -0.460. The maximum atomic E-state index is 12.7. The lowest BCUT2D eigenvalue weighted by Crippen LogP contribution is -2.38. The van der Waals surface area contributed by atoms with Crippen molar-refractivity contribution in [2.45, 2.75) is 70.4 Å². The second kappa shape index (κ2) is 8.84. The molecule has 28 heavy (non-hydrogen) atoms. The minimum absolute atomic E-state index is 0.0219. The van der Waals surface area contributed by atoms with E-state index in [0.717, 1.165) is 43.3 Å². The Morgan fingerprint density at radius 3 is 2.68 bits per heavy atom. The first kappa shape index (κ1) is 20.5. The summed E-state index contributed by atoms with van der Waals surface area (Å²) >= 11 is 0. The largest absolute Gasteiger partial charge is 0.466 e. The minimum Gasteiger partial charge on any atom is -0.466 e. The maximum Gasteiger partial charge on any atom is 0.337 e. The molecule has 1 spiro atoms. The fourth-order valence-electron chi connectivity index (χ4n) is 4.35. The summed E-state index contributed by atoms with van der Waals surface area (Å²) in [4.78, 5) is 24.7. The highest BCUT2D eigenvalue weighted by atomic mass is 16.6. The van der Waals surface area contributed by atoms with Crippen LogP contribution in [0.25, 0.3) is 0 Å². The van der Waals surface area contributed by atoms with Crippen LogP contribution in [0.5, 0.6) is 0 Å². The van der Waals surface area contributed by atoms with Gasteiger partial charge in [0.25, 0.3) is 0 Å². The molecule has 2 aliphatic heterocycles. The van der Waals surface area contributed by atoms with Gasteiger partial charge < -0.3 is 9.47 Å². The van der Waals surface area contributed by atoms with Crippen molar-refractivity contribution < 1.29 is 19.1 Å². The molecular weight excluding hydrogens is 356 g/mol. The molecule has 6 nitrogen and oxygen atoms in total. The number of esters is 2. The van der Waals surface area contributed by atoms with Crippen LogP contribution in [0.2, 0.25) is 0 Å². The van der Waals surface area contributed by atoms with Gasteiger partial charge >= 0.3 is 11.9 Å². The first-order chi connectivity index (χ1) is 13.5. The molecule has 0 aromatic carbocycles. The first-order valence-electron chi connectivity index (χ1n) is 10.2. The summed E-state index contributed by atoms with van der Waals surface area (Å²) in [5.41, 5.74) is 2.34. The molecule has 0 N–H and O–H groups in total. The summed E-state index contributed by atoms with van der Waals surface area (Å²) in [5, 5.41) is 8.49. The van der Waals surface area contributed by atoms with Gasteiger partial charge in [-0.1, -0.05) is 23.3 Å². The zero-order chi connectivity index (χ0) is 20.1. The number of azo groups is 1. The number of hydrogen-bond acceptors (Lipinski definition) is 6. The maximum absolute atomic E-state index is 12.7. The Bertz CT molecular complexity index is 750. The molecule has 1 unspecified atom stereocenters. The Hall–Kier alpha value is -2.24. The summed E-state index contributed by atoms with van der Waals surface area (Å²) in [6.07, 6.45) is 11.4. The van der Waals surface area contributed by atoms with E-state index in [-0.39, 0.29) is 24.0 Å². The average Bonchev–Trinajstić information content (AvgIpc) is 3.25. The van der Waals surface area contributed by atoms with Crippen LogP contribution in [0.3, 0.4) is 0 Å². The third-order valence-corrected chi connectivity index (χ3v) is 6.03. The molecule has 1 aliphatic carbocycles. The molecule has 0 aromatic rings. The van der Waals surface area contributed by atoms with Crippen LogP contribution in [0.15, 0.2) is 45.2 Å². The van der Waals surface area contributed by atoms with Crippen LogP contribution < -0.4 is 0 Å². The lowest BCUT2D eigenvalue weighted by Gasteiger charge is -2.24. The number of allylic oxidation sites excluding steroid dienone is 4. The smallest absolute Gasteiger partial charge is 0.337 e. The zero-order valence-corrected chi connectivity index (χ0v) is 17.1. The number of carbonyl (C=O) groups is 2. The van der Waals surface area contributed by atoms with Crippen LogP contribution in [0.1, 0.15) is 58.8 Å². The number of carbonyl (C=O) groups excluding carboxylic acids is 2. The van der Waals surface area contributed by atoms with Gasteiger partial charge in [0.15, 0.2) is 5.54 Å². The number of fused-ring (bicyclic) bond motifs is 2. The van der Waals surface area contributed by atoms with Gasteiger partial charge in [-0.2, -0.15) is 10.2 Å². The van der Waals surface area contributed by atoms with Gasteiger partial charge in [0.1, 0.15) is 6.10 Å². The quantitative estimate of drug-likeness (QED) is 0.492. The van der Waals surface area contributed by atoms with Gasteiger partial charge in [-0.25, -0.2) is 9.59 Å². The van der Waals surface area contributed by atoms with Crippen molar-refractivity contribution in [1.29, 1.82) is 0 Å². The standard InChI is InChI=1S/C22H30N2O4/c1-15-6-4-8-17(20(25)27-3)9-5-7-16(2)14-19-18(11-10-15)22(21(26)28-19)12-13-23-24-22/h6,9,14,18-19H,4-5,7-8,10-13H2,1-3H3/b15-6+,16-14+,17-9+/t18-,19+,22?/m1/s1. The molecule has 3 aliphatic rings. The summed E-state index contributed by atoms with van der Waals surface area (Å²) < 4.78 is 10.7. The lowest BCUT2D eigenvalue weighted by molar-refractivity contribution is -0.144. The van der Waals surface area contributed by atoms with Gasteiger partial charge in [0.2, 0.25) is 0 Å². The lowest BCUT2D eigenvalue weighted by atomic mass is 9.77. The van der Waals surface area contributed by atoms with E-state index < -0.39 is 5.54 Å². The number of ether oxygens (including phenoxy) is 2. The van der Waals surface area contributed by atoms with Crippen LogP contribution in [-0.4, -0.2) is 37.2 Å². The van der Waals surface area contributed by atoms with Gasteiger partial charge in [0, 0.05) is 17.9 Å². The molecule has 0 radical (unpaired) electrons. The van der Waals surface area contributed by atoms with E-state index >= 15 is 0 Å². The molecule has 1 saturated heterocycles. The van der Waals surface area contributed by atoms with Crippen molar-refractivity contribution in [1.82, 2.24) is 0 Å².